The molecule has 0 aliphatic heterocycles. The highest BCUT2D eigenvalue weighted by molar-refractivity contribution is 5.89. The minimum atomic E-state index is -0.854. The first-order valence-corrected chi connectivity index (χ1v) is 6.57. The maximum atomic E-state index is 11.8. The molecule has 0 heterocycles. The molecule has 2 N–H and O–H groups in total. The number of aliphatic carboxylic acids is 1. The fraction of sp³-hybridized carbons (Fsp3) is 0.846. The number of hydrogen-bond donors (Lipinski definition) is 2. The first-order chi connectivity index (χ1) is 8.58. The van der Waals surface area contributed by atoms with E-state index in [1.54, 1.807) is 7.11 Å². The van der Waals surface area contributed by atoms with Gasteiger partial charge in [-0.25, -0.2) is 0 Å². The van der Waals surface area contributed by atoms with Gasteiger partial charge in [-0.3, -0.25) is 9.59 Å². The Morgan fingerprint density at radius 3 is 2.56 bits per heavy atom. The van der Waals surface area contributed by atoms with Crippen LogP contribution in [-0.4, -0.2) is 37.2 Å². The van der Waals surface area contributed by atoms with Crippen molar-refractivity contribution in [3.05, 3.63) is 0 Å². The number of carbonyl (C=O) groups is 2. The van der Waals surface area contributed by atoms with Gasteiger partial charge in [-0.2, -0.15) is 0 Å². The summed E-state index contributed by atoms with van der Waals surface area (Å²) in [5.74, 6) is -1.71. The van der Waals surface area contributed by atoms with E-state index in [4.69, 9.17) is 9.84 Å². The summed E-state index contributed by atoms with van der Waals surface area (Å²) in [6, 6.07) is 0. The normalized spacial score (nSPS) is 28.3. The zero-order valence-electron chi connectivity index (χ0n) is 10.8. The first kappa shape index (κ1) is 13.3. The fourth-order valence-corrected chi connectivity index (χ4v) is 2.67. The van der Waals surface area contributed by atoms with Gasteiger partial charge in [0.25, 0.3) is 0 Å². The molecule has 0 aromatic carbocycles. The van der Waals surface area contributed by atoms with Gasteiger partial charge in [0.15, 0.2) is 0 Å². The molecule has 2 fully saturated rings. The van der Waals surface area contributed by atoms with Crippen molar-refractivity contribution in [1.29, 1.82) is 0 Å². The highest BCUT2D eigenvalue weighted by atomic mass is 16.5. The van der Waals surface area contributed by atoms with Crippen LogP contribution in [0, 0.1) is 17.3 Å². The van der Waals surface area contributed by atoms with Crippen LogP contribution in [0.15, 0.2) is 0 Å². The smallest absolute Gasteiger partial charge is 0.307 e. The molecule has 0 spiro atoms. The van der Waals surface area contributed by atoms with E-state index in [2.05, 4.69) is 5.32 Å². The Labute approximate surface area is 107 Å². The van der Waals surface area contributed by atoms with E-state index < -0.39 is 11.9 Å². The van der Waals surface area contributed by atoms with E-state index >= 15 is 0 Å². The molecule has 2 rings (SSSR count). The Kier molecular flexibility index (Phi) is 3.90. The lowest BCUT2D eigenvalue weighted by molar-refractivity contribution is -0.140. The second-order valence-electron chi connectivity index (χ2n) is 5.60. The Bertz CT molecular complexity index is 338. The molecule has 5 nitrogen and oxygen atoms in total. The summed E-state index contributed by atoms with van der Waals surface area (Å²) in [4.78, 5) is 22.5. The summed E-state index contributed by atoms with van der Waals surface area (Å²) in [6.07, 6.45) is 4.93. The second kappa shape index (κ2) is 5.26. The molecule has 2 atom stereocenters. The van der Waals surface area contributed by atoms with Crippen molar-refractivity contribution >= 4 is 11.9 Å². The van der Waals surface area contributed by atoms with Crippen molar-refractivity contribution < 1.29 is 19.4 Å². The quantitative estimate of drug-likeness (QED) is 0.712. The average molecular weight is 255 g/mol. The summed E-state index contributed by atoms with van der Waals surface area (Å²) in [7, 11) is 1.69. The van der Waals surface area contributed by atoms with Gasteiger partial charge in [-0.05, 0) is 31.1 Å². The third-order valence-corrected chi connectivity index (χ3v) is 4.33. The second-order valence-corrected chi connectivity index (χ2v) is 5.60. The summed E-state index contributed by atoms with van der Waals surface area (Å²) >= 11 is 0. The van der Waals surface area contributed by atoms with Crippen LogP contribution in [0.1, 0.15) is 32.1 Å². The third kappa shape index (κ3) is 2.83. The number of carbonyl (C=O) groups excluding carboxylic acids is 1. The molecule has 0 aromatic heterocycles. The zero-order chi connectivity index (χ0) is 13.2. The fourth-order valence-electron chi connectivity index (χ4n) is 2.67. The topological polar surface area (TPSA) is 75.6 Å². The molecule has 2 aliphatic carbocycles. The van der Waals surface area contributed by atoms with E-state index in [0.29, 0.717) is 13.0 Å². The first-order valence-electron chi connectivity index (χ1n) is 6.57. The molecule has 18 heavy (non-hydrogen) atoms. The molecule has 1 amide bonds. The molecule has 2 saturated carbocycles. The van der Waals surface area contributed by atoms with E-state index in [0.717, 1.165) is 25.9 Å². The van der Waals surface area contributed by atoms with Crippen LogP contribution in [-0.2, 0) is 14.3 Å². The van der Waals surface area contributed by atoms with Gasteiger partial charge >= 0.3 is 5.97 Å². The molecule has 0 saturated heterocycles. The van der Waals surface area contributed by atoms with Crippen LogP contribution in [0.25, 0.3) is 0 Å². The van der Waals surface area contributed by atoms with Crippen LogP contribution >= 0.6 is 0 Å². The van der Waals surface area contributed by atoms with Crippen molar-refractivity contribution in [3.63, 3.8) is 0 Å². The number of amides is 1. The van der Waals surface area contributed by atoms with E-state index in [1.165, 1.54) is 6.42 Å². The van der Waals surface area contributed by atoms with Crippen LogP contribution in [0.3, 0.4) is 0 Å². The Morgan fingerprint density at radius 2 is 2.11 bits per heavy atom. The minimum absolute atomic E-state index is 0.0916. The summed E-state index contributed by atoms with van der Waals surface area (Å²) < 4.78 is 5.10. The van der Waals surface area contributed by atoms with Crippen molar-refractivity contribution in [2.75, 3.05) is 20.3 Å². The minimum Gasteiger partial charge on any atom is -0.481 e. The summed E-state index contributed by atoms with van der Waals surface area (Å²) in [6.45, 7) is 1.38. The van der Waals surface area contributed by atoms with Crippen LogP contribution in [0.5, 0.6) is 0 Å². The summed E-state index contributed by atoms with van der Waals surface area (Å²) in [5.41, 5.74) is 0.194. The van der Waals surface area contributed by atoms with Crippen molar-refractivity contribution in [3.8, 4) is 0 Å². The molecule has 2 unspecified atom stereocenters. The lowest BCUT2D eigenvalue weighted by atomic mass is 9.66. The van der Waals surface area contributed by atoms with Crippen molar-refractivity contribution in [1.82, 2.24) is 5.32 Å². The Hall–Kier alpha value is -1.10. The molecular weight excluding hydrogens is 234 g/mol. The standard InChI is InChI=1S/C13H21NO4/c1-18-6-5-13(3-2-4-13)8-14-11(15)9-7-10(9)12(16)17/h9-10H,2-8H2,1H3,(H,14,15)(H,16,17). The maximum absolute atomic E-state index is 11.8. The molecule has 0 aromatic rings. The van der Waals surface area contributed by atoms with E-state index in [-0.39, 0.29) is 17.2 Å². The predicted molar refractivity (Wildman–Crippen MR) is 65.0 cm³/mol. The van der Waals surface area contributed by atoms with E-state index in [1.807, 2.05) is 0 Å². The highest BCUT2D eigenvalue weighted by Crippen LogP contribution is 2.44. The van der Waals surface area contributed by atoms with Crippen LogP contribution in [0.2, 0.25) is 0 Å². The molecular formula is C13H21NO4. The molecule has 0 radical (unpaired) electrons. The predicted octanol–water partition coefficient (Wildman–Crippen LogP) is 1.03. The lowest BCUT2D eigenvalue weighted by Gasteiger charge is -2.42. The van der Waals surface area contributed by atoms with Gasteiger partial charge in [0.05, 0.1) is 11.8 Å². The SMILES string of the molecule is COCCC1(CNC(=O)C2CC2C(=O)O)CCC1. The van der Waals surface area contributed by atoms with Gasteiger partial charge in [0.1, 0.15) is 0 Å². The number of methoxy groups -OCH3 is 1. The number of carboxylic acid groups (broad SMARTS) is 1. The highest BCUT2D eigenvalue weighted by Gasteiger charge is 2.48. The van der Waals surface area contributed by atoms with Gasteiger partial charge in [0, 0.05) is 20.3 Å². The lowest BCUT2D eigenvalue weighted by Crippen LogP contribution is -2.43. The number of hydrogen-bond acceptors (Lipinski definition) is 3. The zero-order valence-corrected chi connectivity index (χ0v) is 10.8. The van der Waals surface area contributed by atoms with E-state index in [9.17, 15) is 9.59 Å². The Balaban J connectivity index is 1.73. The van der Waals surface area contributed by atoms with Gasteiger partial charge in [-0.1, -0.05) is 6.42 Å². The van der Waals surface area contributed by atoms with Crippen molar-refractivity contribution in [2.45, 2.75) is 32.1 Å². The maximum Gasteiger partial charge on any atom is 0.307 e. The number of nitrogens with one attached hydrogen (secondary N) is 1. The molecule has 5 heteroatoms. The van der Waals surface area contributed by atoms with Gasteiger partial charge in [0.2, 0.25) is 5.91 Å². The van der Waals surface area contributed by atoms with Crippen molar-refractivity contribution in [2.24, 2.45) is 17.3 Å². The molecule has 0 bridgehead atoms. The molecule has 102 valence electrons. The van der Waals surface area contributed by atoms with Crippen LogP contribution in [0.4, 0.5) is 0 Å². The number of rotatable bonds is 7. The number of carboxylic acids is 1. The third-order valence-electron chi connectivity index (χ3n) is 4.33. The van der Waals surface area contributed by atoms with Gasteiger partial charge in [-0.15, -0.1) is 0 Å². The number of ether oxygens (including phenoxy) is 1. The van der Waals surface area contributed by atoms with Crippen LogP contribution < -0.4 is 5.32 Å². The molecule has 2 aliphatic rings. The van der Waals surface area contributed by atoms with Gasteiger partial charge < -0.3 is 15.2 Å². The average Bonchev–Trinajstić information content (AvgIpc) is 3.07. The largest absolute Gasteiger partial charge is 0.481 e. The Morgan fingerprint density at radius 1 is 1.39 bits per heavy atom. The monoisotopic (exact) mass is 255 g/mol. The summed E-state index contributed by atoms with van der Waals surface area (Å²) in [5, 5.41) is 11.7.